The molecule has 0 unspecified atom stereocenters. The molecule has 0 fully saturated rings. The van der Waals surface area contributed by atoms with Crippen LogP contribution >= 0.6 is 0 Å². The summed E-state index contributed by atoms with van der Waals surface area (Å²) in [6, 6.07) is 11.1. The average molecular weight is 397 g/mol. The van der Waals surface area contributed by atoms with Crippen molar-refractivity contribution < 1.29 is 33.4 Å². The predicted octanol–water partition coefficient (Wildman–Crippen LogP) is 2.76. The van der Waals surface area contributed by atoms with E-state index >= 15 is 0 Å². The van der Waals surface area contributed by atoms with Crippen LogP contribution in [0.4, 0.5) is 5.69 Å². The number of Topliss-reactive ketones (excluding diaryl/α,β-unsaturated/α-hetero) is 2. The van der Waals surface area contributed by atoms with E-state index in [1.807, 2.05) is 0 Å². The highest BCUT2D eigenvalue weighted by Crippen LogP contribution is 2.32. The average Bonchev–Trinajstić information content (AvgIpc) is 3.18. The van der Waals surface area contributed by atoms with Gasteiger partial charge in [0.1, 0.15) is 0 Å². The number of nitrogens with one attached hydrogen (secondary N) is 1. The molecule has 1 aliphatic heterocycles. The van der Waals surface area contributed by atoms with Crippen LogP contribution in [0.15, 0.2) is 42.5 Å². The van der Waals surface area contributed by atoms with Crippen molar-refractivity contribution in [2.75, 3.05) is 18.7 Å². The van der Waals surface area contributed by atoms with Gasteiger partial charge >= 0.3 is 5.97 Å². The zero-order valence-electron chi connectivity index (χ0n) is 15.7. The number of fused-ring (bicyclic) bond motifs is 1. The molecule has 0 aromatic heterocycles. The Morgan fingerprint density at radius 1 is 0.931 bits per heavy atom. The minimum Gasteiger partial charge on any atom is -0.457 e. The first-order valence-electron chi connectivity index (χ1n) is 8.91. The van der Waals surface area contributed by atoms with Gasteiger partial charge in [0.15, 0.2) is 29.7 Å². The lowest BCUT2D eigenvalue weighted by molar-refractivity contribution is -0.143. The quantitative estimate of drug-likeness (QED) is 0.539. The van der Waals surface area contributed by atoms with E-state index in [-0.39, 0.29) is 37.1 Å². The Kier molecular flexibility index (Phi) is 6.23. The second-order valence-electron chi connectivity index (χ2n) is 6.33. The molecule has 29 heavy (non-hydrogen) atoms. The fourth-order valence-electron chi connectivity index (χ4n) is 2.60. The van der Waals surface area contributed by atoms with Gasteiger partial charge in [-0.15, -0.1) is 0 Å². The third-order valence-corrected chi connectivity index (χ3v) is 4.19. The minimum atomic E-state index is -0.652. The van der Waals surface area contributed by atoms with Crippen LogP contribution in [0.2, 0.25) is 0 Å². The highest BCUT2D eigenvalue weighted by atomic mass is 16.7. The van der Waals surface area contributed by atoms with Crippen molar-refractivity contribution in [2.24, 2.45) is 0 Å². The van der Waals surface area contributed by atoms with E-state index in [4.69, 9.17) is 14.2 Å². The number of hydrogen-bond donors (Lipinski definition) is 1. The summed E-state index contributed by atoms with van der Waals surface area (Å²) in [5, 5.41) is 2.63. The topological polar surface area (TPSA) is 108 Å². The van der Waals surface area contributed by atoms with Crippen LogP contribution in [-0.4, -0.2) is 36.8 Å². The van der Waals surface area contributed by atoms with Crippen LogP contribution in [0, 0.1) is 0 Å². The highest BCUT2D eigenvalue weighted by molar-refractivity contribution is 5.99. The lowest BCUT2D eigenvalue weighted by Gasteiger charge is -2.07. The lowest BCUT2D eigenvalue weighted by Crippen LogP contribution is -2.17. The first kappa shape index (κ1) is 20.1. The molecule has 1 heterocycles. The van der Waals surface area contributed by atoms with Gasteiger partial charge in [-0.3, -0.25) is 19.2 Å². The number of rotatable bonds is 8. The Morgan fingerprint density at radius 2 is 1.62 bits per heavy atom. The van der Waals surface area contributed by atoms with Gasteiger partial charge in [-0.05, 0) is 49.4 Å². The number of amides is 1. The van der Waals surface area contributed by atoms with Crippen molar-refractivity contribution in [3.63, 3.8) is 0 Å². The molecule has 0 atom stereocenters. The van der Waals surface area contributed by atoms with Crippen molar-refractivity contribution in [3.05, 3.63) is 53.6 Å². The summed E-state index contributed by atoms with van der Waals surface area (Å²) < 4.78 is 15.3. The van der Waals surface area contributed by atoms with Gasteiger partial charge in [0.25, 0.3) is 0 Å². The summed E-state index contributed by atoms with van der Waals surface area (Å²) in [5.74, 6) is -0.455. The molecule has 0 bridgehead atoms. The van der Waals surface area contributed by atoms with Crippen LogP contribution in [0.3, 0.4) is 0 Å². The Labute approximate surface area is 166 Å². The summed E-state index contributed by atoms with van der Waals surface area (Å²) in [4.78, 5) is 47.1. The van der Waals surface area contributed by atoms with E-state index in [2.05, 4.69) is 5.32 Å². The van der Waals surface area contributed by atoms with Crippen molar-refractivity contribution in [2.45, 2.75) is 19.8 Å². The number of anilines is 1. The zero-order valence-corrected chi connectivity index (χ0v) is 15.7. The maximum absolute atomic E-state index is 12.1. The third-order valence-electron chi connectivity index (χ3n) is 4.19. The molecule has 0 spiro atoms. The van der Waals surface area contributed by atoms with Crippen LogP contribution in [0.1, 0.15) is 40.5 Å². The molecule has 1 aliphatic rings. The number of carbonyl (C=O) groups excluding carboxylic acids is 4. The van der Waals surface area contributed by atoms with Crippen LogP contribution in [-0.2, 0) is 14.3 Å². The molecule has 0 aliphatic carbocycles. The second kappa shape index (κ2) is 9.01. The third kappa shape index (κ3) is 5.41. The predicted molar refractivity (Wildman–Crippen MR) is 102 cm³/mol. The summed E-state index contributed by atoms with van der Waals surface area (Å²) in [7, 11) is 0. The normalized spacial score (nSPS) is 11.6. The number of benzene rings is 2. The Bertz CT molecular complexity index is 950. The van der Waals surface area contributed by atoms with Crippen molar-refractivity contribution in [1.29, 1.82) is 0 Å². The van der Waals surface area contributed by atoms with Gasteiger partial charge < -0.3 is 19.5 Å². The maximum atomic E-state index is 12.1. The number of carbonyl (C=O) groups is 4. The molecular formula is C21H19NO7. The van der Waals surface area contributed by atoms with E-state index in [0.29, 0.717) is 28.3 Å². The summed E-state index contributed by atoms with van der Waals surface area (Å²) >= 11 is 0. The fraction of sp³-hybridized carbons (Fsp3) is 0.238. The number of ketones is 2. The summed E-state index contributed by atoms with van der Waals surface area (Å²) in [6.45, 7) is 1.13. The Balaban J connectivity index is 1.40. The van der Waals surface area contributed by atoms with Gasteiger partial charge in [0.2, 0.25) is 12.7 Å². The maximum Gasteiger partial charge on any atom is 0.306 e. The molecule has 0 saturated heterocycles. The van der Waals surface area contributed by atoms with Crippen molar-refractivity contribution in [1.82, 2.24) is 0 Å². The molecule has 1 amide bonds. The van der Waals surface area contributed by atoms with Crippen molar-refractivity contribution in [3.8, 4) is 11.5 Å². The van der Waals surface area contributed by atoms with Gasteiger partial charge in [0.05, 0.1) is 6.42 Å². The fourth-order valence-corrected chi connectivity index (χ4v) is 2.60. The van der Waals surface area contributed by atoms with E-state index in [9.17, 15) is 19.2 Å². The van der Waals surface area contributed by atoms with E-state index in [0.717, 1.165) is 0 Å². The van der Waals surface area contributed by atoms with Crippen LogP contribution in [0.5, 0.6) is 11.5 Å². The highest BCUT2D eigenvalue weighted by Gasteiger charge is 2.17. The standard InChI is InChI=1S/C21H19NO7/c1-13(23)14-2-5-16(6-3-14)22-20(25)8-9-21(26)27-11-17(24)15-4-7-18-19(10-15)29-12-28-18/h2-7,10H,8-9,11-12H2,1H3,(H,22,25). The molecule has 0 radical (unpaired) electrons. The SMILES string of the molecule is CC(=O)c1ccc(NC(=O)CCC(=O)OCC(=O)c2ccc3c(c2)OCO3)cc1. The van der Waals surface area contributed by atoms with Gasteiger partial charge in [-0.2, -0.15) is 0 Å². The second-order valence-corrected chi connectivity index (χ2v) is 6.33. The molecule has 2 aromatic carbocycles. The first-order valence-corrected chi connectivity index (χ1v) is 8.91. The zero-order chi connectivity index (χ0) is 20.8. The molecule has 3 rings (SSSR count). The van der Waals surface area contributed by atoms with Crippen LogP contribution < -0.4 is 14.8 Å². The van der Waals surface area contributed by atoms with E-state index in [1.165, 1.54) is 13.0 Å². The molecule has 8 nitrogen and oxygen atoms in total. The smallest absolute Gasteiger partial charge is 0.306 e. The Hall–Kier alpha value is -3.68. The molecule has 1 N–H and O–H groups in total. The largest absolute Gasteiger partial charge is 0.457 e. The molecule has 2 aromatic rings. The van der Waals surface area contributed by atoms with E-state index in [1.54, 1.807) is 36.4 Å². The molecule has 0 saturated carbocycles. The monoisotopic (exact) mass is 397 g/mol. The minimum absolute atomic E-state index is 0.0686. The lowest BCUT2D eigenvalue weighted by atomic mass is 10.1. The molecular weight excluding hydrogens is 378 g/mol. The van der Waals surface area contributed by atoms with Crippen molar-refractivity contribution >= 4 is 29.1 Å². The van der Waals surface area contributed by atoms with Gasteiger partial charge in [0, 0.05) is 23.2 Å². The summed E-state index contributed by atoms with van der Waals surface area (Å²) in [5.41, 5.74) is 1.40. The molecule has 150 valence electrons. The molecule has 8 heteroatoms. The summed E-state index contributed by atoms with van der Waals surface area (Å²) in [6.07, 6.45) is -0.253. The Morgan fingerprint density at radius 3 is 2.34 bits per heavy atom. The number of hydrogen-bond acceptors (Lipinski definition) is 7. The van der Waals surface area contributed by atoms with Crippen LogP contribution in [0.25, 0.3) is 0 Å². The number of esters is 1. The van der Waals surface area contributed by atoms with Gasteiger partial charge in [-0.1, -0.05) is 0 Å². The number of ether oxygens (including phenoxy) is 3. The first-order chi connectivity index (χ1) is 13.9. The van der Waals surface area contributed by atoms with Gasteiger partial charge in [-0.25, -0.2) is 0 Å². The van der Waals surface area contributed by atoms with E-state index < -0.39 is 12.6 Å².